The molecule has 7 heteroatoms. The van der Waals surface area contributed by atoms with Crippen molar-refractivity contribution >= 4 is 11.8 Å². The van der Waals surface area contributed by atoms with Crippen LogP contribution in [0.5, 0.6) is 0 Å². The van der Waals surface area contributed by atoms with Gasteiger partial charge in [-0.25, -0.2) is 15.0 Å². The zero-order valence-electron chi connectivity index (χ0n) is 19.2. The van der Waals surface area contributed by atoms with Crippen LogP contribution in [-0.4, -0.2) is 38.7 Å². The molecule has 0 saturated heterocycles. The van der Waals surface area contributed by atoms with Crippen LogP contribution in [0.15, 0.2) is 18.6 Å². The van der Waals surface area contributed by atoms with Crippen LogP contribution in [0.2, 0.25) is 0 Å². The average molecular weight is 413 g/mol. The number of nitrogen functional groups attached to an aromatic ring is 1. The van der Waals surface area contributed by atoms with Crippen molar-refractivity contribution in [3.8, 4) is 0 Å². The summed E-state index contributed by atoms with van der Waals surface area (Å²) in [6.45, 7) is 13.3. The van der Waals surface area contributed by atoms with Gasteiger partial charge in [0.25, 0.3) is 0 Å². The Hall–Kier alpha value is -2.28. The first-order chi connectivity index (χ1) is 14.0. The molecule has 0 amide bonds. The van der Waals surface area contributed by atoms with Crippen LogP contribution < -0.4 is 11.1 Å². The first-order valence-electron chi connectivity index (χ1n) is 10.8. The Morgan fingerprint density at radius 2 is 1.63 bits per heavy atom. The fraction of sp³-hybridized carbons (Fsp3) is 0.652. The van der Waals surface area contributed by atoms with Crippen LogP contribution >= 0.6 is 0 Å². The Balaban J connectivity index is 1.47. The van der Waals surface area contributed by atoms with Crippen molar-refractivity contribution in [3.63, 3.8) is 0 Å². The second kappa shape index (κ2) is 8.84. The molecule has 7 nitrogen and oxygen atoms in total. The third-order valence-corrected chi connectivity index (χ3v) is 5.88. The van der Waals surface area contributed by atoms with Gasteiger partial charge in [-0.05, 0) is 43.6 Å². The second-order valence-corrected chi connectivity index (χ2v) is 10.1. The standard InChI is InChI=1S/C23H36N6O/c1-15-20(24)25-13-19(28-15)23(5,6)14-30-18-9-7-17(8-10-18)29-21-26-11-16(12-27-21)22(2,3)4/h11-13,17-18H,7-10,14H2,1-6H3,(H2,24,25)(H,26,27,29). The largest absolute Gasteiger partial charge is 0.382 e. The molecule has 0 bridgehead atoms. The van der Waals surface area contributed by atoms with Crippen LogP contribution in [-0.2, 0) is 15.6 Å². The van der Waals surface area contributed by atoms with Crippen LogP contribution in [0.1, 0.15) is 77.3 Å². The van der Waals surface area contributed by atoms with E-state index in [-0.39, 0.29) is 16.9 Å². The van der Waals surface area contributed by atoms with E-state index in [1.807, 2.05) is 19.3 Å². The first-order valence-corrected chi connectivity index (χ1v) is 10.8. The van der Waals surface area contributed by atoms with Gasteiger partial charge >= 0.3 is 0 Å². The van der Waals surface area contributed by atoms with E-state index in [4.69, 9.17) is 10.5 Å². The van der Waals surface area contributed by atoms with E-state index >= 15 is 0 Å². The molecule has 1 saturated carbocycles. The summed E-state index contributed by atoms with van der Waals surface area (Å²) in [4.78, 5) is 17.8. The molecule has 0 aromatic carbocycles. The van der Waals surface area contributed by atoms with Gasteiger partial charge in [-0.1, -0.05) is 34.6 Å². The number of nitrogens with zero attached hydrogens (tertiary/aromatic N) is 4. The molecule has 2 heterocycles. The van der Waals surface area contributed by atoms with E-state index in [9.17, 15) is 0 Å². The average Bonchev–Trinajstić information content (AvgIpc) is 2.69. The van der Waals surface area contributed by atoms with Crippen molar-refractivity contribution in [2.45, 2.75) is 90.2 Å². The summed E-state index contributed by atoms with van der Waals surface area (Å²) in [7, 11) is 0. The normalized spacial score (nSPS) is 20.2. The van der Waals surface area contributed by atoms with E-state index in [2.05, 4.69) is 59.9 Å². The van der Waals surface area contributed by atoms with Gasteiger partial charge in [0, 0.05) is 23.9 Å². The molecule has 1 fully saturated rings. The molecule has 3 rings (SSSR count). The SMILES string of the molecule is Cc1nc(C(C)(C)COC2CCC(Nc3ncc(C(C)(C)C)cn3)CC2)cnc1N. The van der Waals surface area contributed by atoms with Crippen molar-refractivity contribution in [3.05, 3.63) is 35.5 Å². The number of aryl methyl sites for hydroxylation is 1. The zero-order valence-corrected chi connectivity index (χ0v) is 19.2. The highest BCUT2D eigenvalue weighted by molar-refractivity contribution is 5.34. The molecule has 1 aliphatic carbocycles. The lowest BCUT2D eigenvalue weighted by Crippen LogP contribution is -2.34. The van der Waals surface area contributed by atoms with Gasteiger partial charge in [-0.2, -0.15) is 0 Å². The van der Waals surface area contributed by atoms with Crippen molar-refractivity contribution in [1.82, 2.24) is 19.9 Å². The summed E-state index contributed by atoms with van der Waals surface area (Å²) in [6, 6.07) is 0.393. The molecule has 1 aliphatic rings. The summed E-state index contributed by atoms with van der Waals surface area (Å²) < 4.78 is 6.27. The number of nitrogens with one attached hydrogen (secondary N) is 1. The molecule has 164 valence electrons. The predicted octanol–water partition coefficient (Wildman–Crippen LogP) is 4.17. The van der Waals surface area contributed by atoms with Gasteiger partial charge in [0.15, 0.2) is 0 Å². The van der Waals surface area contributed by atoms with Gasteiger partial charge in [-0.3, -0.25) is 4.98 Å². The monoisotopic (exact) mass is 412 g/mol. The molecular formula is C23H36N6O. The van der Waals surface area contributed by atoms with Gasteiger partial charge in [-0.15, -0.1) is 0 Å². The van der Waals surface area contributed by atoms with E-state index in [1.54, 1.807) is 6.20 Å². The second-order valence-electron chi connectivity index (χ2n) is 10.1. The van der Waals surface area contributed by atoms with Gasteiger partial charge in [0.05, 0.1) is 30.3 Å². The Morgan fingerprint density at radius 1 is 1.00 bits per heavy atom. The summed E-state index contributed by atoms with van der Waals surface area (Å²) in [5.74, 6) is 1.20. The number of ether oxygens (including phenoxy) is 1. The number of nitrogens with two attached hydrogens (primary N) is 1. The Kier molecular flexibility index (Phi) is 6.60. The molecule has 30 heavy (non-hydrogen) atoms. The number of hydrogen-bond acceptors (Lipinski definition) is 7. The Morgan fingerprint density at radius 3 is 2.20 bits per heavy atom. The molecule has 0 radical (unpaired) electrons. The lowest BCUT2D eigenvalue weighted by Gasteiger charge is -2.32. The topological polar surface area (TPSA) is 98.8 Å². The van der Waals surface area contributed by atoms with Crippen molar-refractivity contribution < 1.29 is 4.74 Å². The fourth-order valence-electron chi connectivity index (χ4n) is 3.56. The van der Waals surface area contributed by atoms with Gasteiger partial charge in [0.2, 0.25) is 5.95 Å². The van der Waals surface area contributed by atoms with Crippen molar-refractivity contribution in [2.75, 3.05) is 17.7 Å². The number of rotatable bonds is 6. The van der Waals surface area contributed by atoms with Crippen LogP contribution in [0.3, 0.4) is 0 Å². The molecular weight excluding hydrogens is 376 g/mol. The highest BCUT2D eigenvalue weighted by Crippen LogP contribution is 2.28. The summed E-state index contributed by atoms with van der Waals surface area (Å²) in [6.07, 6.45) is 10.0. The highest BCUT2D eigenvalue weighted by Gasteiger charge is 2.28. The minimum Gasteiger partial charge on any atom is -0.382 e. The maximum Gasteiger partial charge on any atom is 0.222 e. The van der Waals surface area contributed by atoms with Gasteiger partial charge < -0.3 is 15.8 Å². The molecule has 2 aromatic heterocycles. The molecule has 0 spiro atoms. The third kappa shape index (κ3) is 5.65. The first kappa shape index (κ1) is 22.4. The van der Waals surface area contributed by atoms with Gasteiger partial charge in [0.1, 0.15) is 5.82 Å². The molecule has 0 aliphatic heterocycles. The predicted molar refractivity (Wildman–Crippen MR) is 121 cm³/mol. The minimum absolute atomic E-state index is 0.0678. The van der Waals surface area contributed by atoms with Crippen molar-refractivity contribution in [2.24, 2.45) is 0 Å². The van der Waals surface area contributed by atoms with E-state index in [0.29, 0.717) is 24.4 Å². The highest BCUT2D eigenvalue weighted by atomic mass is 16.5. The lowest BCUT2D eigenvalue weighted by molar-refractivity contribution is 0.00237. The fourth-order valence-corrected chi connectivity index (χ4v) is 3.56. The van der Waals surface area contributed by atoms with Crippen LogP contribution in [0.4, 0.5) is 11.8 Å². The number of aromatic nitrogens is 4. The molecule has 0 atom stereocenters. The van der Waals surface area contributed by atoms with E-state index < -0.39 is 0 Å². The minimum atomic E-state index is -0.205. The summed E-state index contributed by atoms with van der Waals surface area (Å²) in [5, 5.41) is 3.48. The summed E-state index contributed by atoms with van der Waals surface area (Å²) >= 11 is 0. The van der Waals surface area contributed by atoms with Crippen LogP contribution in [0.25, 0.3) is 0 Å². The Labute approximate surface area is 180 Å². The molecule has 2 aromatic rings. The van der Waals surface area contributed by atoms with Crippen molar-refractivity contribution in [1.29, 1.82) is 0 Å². The number of hydrogen-bond donors (Lipinski definition) is 2. The maximum atomic E-state index is 6.27. The molecule has 3 N–H and O–H groups in total. The maximum absolute atomic E-state index is 6.27. The third-order valence-electron chi connectivity index (χ3n) is 5.88. The quantitative estimate of drug-likeness (QED) is 0.734. The van der Waals surface area contributed by atoms with E-state index in [0.717, 1.165) is 42.6 Å². The Bertz CT molecular complexity index is 836. The van der Waals surface area contributed by atoms with E-state index in [1.165, 1.54) is 0 Å². The number of anilines is 2. The smallest absolute Gasteiger partial charge is 0.222 e. The lowest BCUT2D eigenvalue weighted by atomic mass is 9.89. The summed E-state index contributed by atoms with van der Waals surface area (Å²) in [5.41, 5.74) is 8.49. The van der Waals surface area contributed by atoms with Crippen LogP contribution in [0, 0.1) is 6.92 Å². The zero-order chi connectivity index (χ0) is 21.9. The molecule has 0 unspecified atom stereocenters.